The van der Waals surface area contributed by atoms with Crippen LogP contribution >= 0.6 is 0 Å². The molecule has 1 aromatic carbocycles. The zero-order valence-corrected chi connectivity index (χ0v) is 13.6. The van der Waals surface area contributed by atoms with Crippen LogP contribution in [0.25, 0.3) is 0 Å². The van der Waals surface area contributed by atoms with Crippen molar-refractivity contribution in [3.05, 3.63) is 29.3 Å². The van der Waals surface area contributed by atoms with Crippen LogP contribution in [0.5, 0.6) is 0 Å². The van der Waals surface area contributed by atoms with Crippen molar-refractivity contribution in [2.45, 2.75) is 38.9 Å². The summed E-state index contributed by atoms with van der Waals surface area (Å²) in [6.45, 7) is 4.78. The van der Waals surface area contributed by atoms with Gasteiger partial charge in [0, 0.05) is 17.8 Å². The minimum atomic E-state index is -4.50. The van der Waals surface area contributed by atoms with Gasteiger partial charge in [0.05, 0.1) is 5.56 Å². The highest BCUT2D eigenvalue weighted by Crippen LogP contribution is 2.36. The highest BCUT2D eigenvalue weighted by molar-refractivity contribution is 5.98. The summed E-state index contributed by atoms with van der Waals surface area (Å²) in [5.74, 6) is -0.537. The van der Waals surface area contributed by atoms with Gasteiger partial charge >= 0.3 is 12.3 Å². The van der Waals surface area contributed by atoms with Gasteiger partial charge in [-0.05, 0) is 44.9 Å². The summed E-state index contributed by atoms with van der Waals surface area (Å²) in [6, 6.07) is 3.30. The van der Waals surface area contributed by atoms with Crippen molar-refractivity contribution in [2.75, 3.05) is 18.0 Å². The van der Waals surface area contributed by atoms with Crippen LogP contribution in [0.4, 0.5) is 23.7 Å². The van der Waals surface area contributed by atoms with Crippen molar-refractivity contribution in [3.8, 4) is 0 Å². The Morgan fingerprint density at radius 3 is 2.38 bits per heavy atom. The Bertz CT molecular complexity index is 666. The summed E-state index contributed by atoms with van der Waals surface area (Å²) in [6.07, 6.45) is -5.30. The molecule has 0 aromatic heterocycles. The minimum Gasteiger partial charge on any atom is -0.465 e. The monoisotopic (exact) mass is 344 g/mol. The molecule has 2 amide bonds. The third kappa shape index (κ3) is 3.63. The lowest BCUT2D eigenvalue weighted by Crippen LogP contribution is -2.50. The maximum absolute atomic E-state index is 12.9. The second kappa shape index (κ2) is 5.99. The SMILES string of the molecule is CC(C)(C)N(CC(=O)N1CCc2ccc(C(F)(F)F)cc21)C(=O)O. The molecule has 5 nitrogen and oxygen atoms in total. The van der Waals surface area contributed by atoms with Crippen molar-refractivity contribution in [3.63, 3.8) is 0 Å². The highest BCUT2D eigenvalue weighted by atomic mass is 19.4. The molecule has 0 atom stereocenters. The average molecular weight is 344 g/mol. The molecule has 24 heavy (non-hydrogen) atoms. The van der Waals surface area contributed by atoms with Crippen molar-refractivity contribution in [1.82, 2.24) is 4.90 Å². The normalized spacial score (nSPS) is 14.5. The fraction of sp³-hybridized carbons (Fsp3) is 0.500. The number of carbonyl (C=O) groups is 2. The summed E-state index contributed by atoms with van der Waals surface area (Å²) in [5, 5.41) is 9.25. The second-order valence-corrected chi connectivity index (χ2v) is 6.68. The van der Waals surface area contributed by atoms with Gasteiger partial charge in [-0.2, -0.15) is 13.2 Å². The standard InChI is InChI=1S/C16H19F3N2O3/c1-15(2,3)21(14(23)24)9-13(22)20-7-6-10-4-5-11(8-12(10)20)16(17,18)19/h4-5,8H,6-7,9H2,1-3H3,(H,23,24). The number of alkyl halides is 3. The van der Waals surface area contributed by atoms with Crippen LogP contribution in [0.3, 0.4) is 0 Å². The topological polar surface area (TPSA) is 60.9 Å². The number of hydrogen-bond acceptors (Lipinski definition) is 2. The van der Waals surface area contributed by atoms with E-state index in [1.165, 1.54) is 11.0 Å². The number of anilines is 1. The van der Waals surface area contributed by atoms with Gasteiger partial charge in [-0.1, -0.05) is 6.07 Å². The average Bonchev–Trinajstić information content (AvgIpc) is 2.84. The first-order chi connectivity index (χ1) is 10.9. The van der Waals surface area contributed by atoms with E-state index in [0.717, 1.165) is 17.0 Å². The zero-order valence-electron chi connectivity index (χ0n) is 13.6. The lowest BCUT2D eigenvalue weighted by molar-refractivity contribution is -0.137. The largest absolute Gasteiger partial charge is 0.465 e. The molecule has 1 aliphatic rings. The predicted molar refractivity (Wildman–Crippen MR) is 82.0 cm³/mol. The van der Waals surface area contributed by atoms with Crippen LogP contribution in [0, 0.1) is 0 Å². The van der Waals surface area contributed by atoms with E-state index in [1.807, 2.05) is 0 Å². The molecule has 0 spiro atoms. The van der Waals surface area contributed by atoms with Gasteiger partial charge in [0.25, 0.3) is 0 Å². The van der Waals surface area contributed by atoms with Crippen LogP contribution in [0.2, 0.25) is 0 Å². The quantitative estimate of drug-likeness (QED) is 0.895. The smallest absolute Gasteiger partial charge is 0.416 e. The maximum Gasteiger partial charge on any atom is 0.416 e. The third-order valence-electron chi connectivity index (χ3n) is 3.94. The Morgan fingerprint density at radius 2 is 1.88 bits per heavy atom. The van der Waals surface area contributed by atoms with E-state index in [2.05, 4.69) is 0 Å². The van der Waals surface area contributed by atoms with Crippen LogP contribution in [0.1, 0.15) is 31.9 Å². The Kier molecular flexibility index (Phi) is 4.52. The second-order valence-electron chi connectivity index (χ2n) is 6.68. The Labute approximate surface area is 137 Å². The number of halogens is 3. The van der Waals surface area contributed by atoms with Gasteiger partial charge in [-0.15, -0.1) is 0 Å². The van der Waals surface area contributed by atoms with Crippen LogP contribution in [-0.4, -0.2) is 40.6 Å². The molecule has 1 N–H and O–H groups in total. The molecule has 0 aliphatic carbocycles. The number of benzene rings is 1. The van der Waals surface area contributed by atoms with Gasteiger partial charge in [0.1, 0.15) is 6.54 Å². The molecule has 0 fully saturated rings. The molecule has 1 heterocycles. The van der Waals surface area contributed by atoms with Crippen LogP contribution in [-0.2, 0) is 17.4 Å². The fourth-order valence-electron chi connectivity index (χ4n) is 2.63. The summed E-state index contributed by atoms with van der Waals surface area (Å²) < 4.78 is 38.6. The number of rotatable bonds is 2. The maximum atomic E-state index is 12.9. The van der Waals surface area contributed by atoms with E-state index in [4.69, 9.17) is 0 Å². The Balaban J connectivity index is 2.27. The lowest BCUT2D eigenvalue weighted by atomic mass is 10.1. The van der Waals surface area contributed by atoms with Crippen molar-refractivity contribution < 1.29 is 27.9 Å². The van der Waals surface area contributed by atoms with E-state index in [0.29, 0.717) is 12.0 Å². The number of carbonyl (C=O) groups excluding carboxylic acids is 1. The number of carboxylic acid groups (broad SMARTS) is 1. The first kappa shape index (κ1) is 18.1. The van der Waals surface area contributed by atoms with Crippen molar-refractivity contribution >= 4 is 17.7 Å². The molecule has 0 saturated heterocycles. The number of amides is 2. The minimum absolute atomic E-state index is 0.203. The number of fused-ring (bicyclic) bond motifs is 1. The van der Waals surface area contributed by atoms with Gasteiger partial charge in [-0.3, -0.25) is 9.69 Å². The molecule has 8 heteroatoms. The Hall–Kier alpha value is -2.25. The Morgan fingerprint density at radius 1 is 1.25 bits per heavy atom. The molecule has 1 aliphatic heterocycles. The van der Waals surface area contributed by atoms with E-state index >= 15 is 0 Å². The zero-order chi connectivity index (χ0) is 18.3. The number of nitrogens with zero attached hydrogens (tertiary/aromatic N) is 2. The van der Waals surface area contributed by atoms with E-state index in [-0.39, 0.29) is 12.2 Å². The molecule has 0 radical (unpaired) electrons. The summed E-state index contributed by atoms with van der Waals surface area (Å²) in [5.41, 5.74) is -0.771. The fourth-order valence-corrected chi connectivity index (χ4v) is 2.63. The molecule has 0 saturated carbocycles. The molecule has 1 aromatic rings. The van der Waals surface area contributed by atoms with E-state index in [1.54, 1.807) is 20.8 Å². The highest BCUT2D eigenvalue weighted by Gasteiger charge is 2.35. The van der Waals surface area contributed by atoms with Crippen molar-refractivity contribution in [1.29, 1.82) is 0 Å². The lowest BCUT2D eigenvalue weighted by Gasteiger charge is -2.33. The molecular formula is C16H19F3N2O3. The summed E-state index contributed by atoms with van der Waals surface area (Å²) in [4.78, 5) is 26.0. The molecular weight excluding hydrogens is 325 g/mol. The van der Waals surface area contributed by atoms with Crippen molar-refractivity contribution in [2.24, 2.45) is 0 Å². The molecule has 0 unspecified atom stereocenters. The number of hydrogen-bond donors (Lipinski definition) is 1. The molecule has 0 bridgehead atoms. The summed E-state index contributed by atoms with van der Waals surface area (Å²) >= 11 is 0. The third-order valence-corrected chi connectivity index (χ3v) is 3.94. The van der Waals surface area contributed by atoms with Gasteiger partial charge in [-0.25, -0.2) is 4.79 Å². The predicted octanol–water partition coefficient (Wildman–Crippen LogP) is 3.37. The van der Waals surface area contributed by atoms with E-state index < -0.39 is 35.8 Å². The first-order valence-electron chi connectivity index (χ1n) is 7.42. The van der Waals surface area contributed by atoms with Gasteiger partial charge in [0.15, 0.2) is 0 Å². The summed E-state index contributed by atoms with van der Waals surface area (Å²) in [7, 11) is 0. The van der Waals surface area contributed by atoms with Crippen LogP contribution in [0.15, 0.2) is 18.2 Å². The van der Waals surface area contributed by atoms with E-state index in [9.17, 15) is 27.9 Å². The first-order valence-corrected chi connectivity index (χ1v) is 7.42. The molecule has 2 rings (SSSR count). The van der Waals surface area contributed by atoms with Gasteiger partial charge < -0.3 is 10.0 Å². The van der Waals surface area contributed by atoms with Crippen LogP contribution < -0.4 is 4.90 Å². The molecule has 132 valence electrons. The van der Waals surface area contributed by atoms with Gasteiger partial charge in [0.2, 0.25) is 5.91 Å².